The third-order valence-corrected chi connectivity index (χ3v) is 5.37. The van der Waals surface area contributed by atoms with E-state index in [1.165, 1.54) is 0 Å². The smallest absolute Gasteiger partial charge is 0.356 e. The fourth-order valence-electron chi connectivity index (χ4n) is 3.87. The first-order valence-electron chi connectivity index (χ1n) is 9.93. The molecule has 1 saturated heterocycles. The van der Waals surface area contributed by atoms with Crippen LogP contribution in [-0.4, -0.2) is 53.1 Å². The van der Waals surface area contributed by atoms with Crippen molar-refractivity contribution >= 4 is 24.3 Å². The largest absolute Gasteiger partial charge is 0.465 e. The minimum atomic E-state index is -0.677. The number of imidazole rings is 1. The number of hydrogen-bond donors (Lipinski definition) is 2. The van der Waals surface area contributed by atoms with Gasteiger partial charge in [0.15, 0.2) is 0 Å². The van der Waals surface area contributed by atoms with Crippen LogP contribution in [0.2, 0.25) is 0 Å². The SMILES string of the molecule is CCOC(=O)c1[nH]c(=O)[nH]c1CN1CCC(C(=O)OCC)(c2ccccc2)CC1.Cl. The van der Waals surface area contributed by atoms with E-state index < -0.39 is 17.1 Å². The van der Waals surface area contributed by atoms with Crippen LogP contribution in [0.5, 0.6) is 0 Å². The van der Waals surface area contributed by atoms with Gasteiger partial charge in [-0.05, 0) is 45.3 Å². The monoisotopic (exact) mass is 437 g/mol. The summed E-state index contributed by atoms with van der Waals surface area (Å²) in [7, 11) is 0. The first-order chi connectivity index (χ1) is 14.0. The molecule has 1 aromatic carbocycles. The summed E-state index contributed by atoms with van der Waals surface area (Å²) in [5, 5.41) is 0. The summed E-state index contributed by atoms with van der Waals surface area (Å²) in [5.74, 6) is -0.754. The molecule has 0 saturated carbocycles. The highest BCUT2D eigenvalue weighted by molar-refractivity contribution is 5.88. The maximum absolute atomic E-state index is 12.8. The minimum absolute atomic E-state index is 0. The number of esters is 2. The Hall–Kier alpha value is -2.58. The Morgan fingerprint density at radius 1 is 1.03 bits per heavy atom. The Kier molecular flexibility index (Phi) is 8.25. The third kappa shape index (κ3) is 4.94. The Balaban J connectivity index is 0.00000320. The predicted octanol–water partition coefficient (Wildman–Crippen LogP) is 2.40. The minimum Gasteiger partial charge on any atom is -0.465 e. The summed E-state index contributed by atoms with van der Waals surface area (Å²) >= 11 is 0. The van der Waals surface area contributed by atoms with Gasteiger partial charge in [0.05, 0.1) is 24.3 Å². The summed E-state index contributed by atoms with van der Waals surface area (Å²) in [6.07, 6.45) is 1.19. The molecular weight excluding hydrogens is 410 g/mol. The molecule has 2 aromatic rings. The quantitative estimate of drug-likeness (QED) is 0.644. The molecule has 30 heavy (non-hydrogen) atoms. The molecule has 0 amide bonds. The molecule has 0 bridgehead atoms. The van der Waals surface area contributed by atoms with Gasteiger partial charge in [-0.3, -0.25) is 14.7 Å². The Morgan fingerprint density at radius 3 is 2.27 bits per heavy atom. The van der Waals surface area contributed by atoms with Gasteiger partial charge in [-0.25, -0.2) is 9.59 Å². The maximum atomic E-state index is 12.8. The third-order valence-electron chi connectivity index (χ3n) is 5.37. The molecule has 2 N–H and O–H groups in total. The zero-order chi connectivity index (χ0) is 20.9. The summed E-state index contributed by atoms with van der Waals surface area (Å²) in [4.78, 5) is 43.9. The molecule has 0 atom stereocenters. The number of piperidine rings is 1. The van der Waals surface area contributed by atoms with Gasteiger partial charge < -0.3 is 14.5 Å². The molecule has 0 radical (unpaired) electrons. The van der Waals surface area contributed by atoms with Crippen LogP contribution >= 0.6 is 12.4 Å². The van der Waals surface area contributed by atoms with E-state index in [4.69, 9.17) is 9.47 Å². The van der Waals surface area contributed by atoms with Crippen molar-refractivity contribution in [2.24, 2.45) is 0 Å². The van der Waals surface area contributed by atoms with Gasteiger partial charge in [0.2, 0.25) is 0 Å². The lowest BCUT2D eigenvalue weighted by Gasteiger charge is -2.40. The maximum Gasteiger partial charge on any atom is 0.356 e. The number of aromatic amines is 2. The van der Waals surface area contributed by atoms with Gasteiger partial charge in [-0.2, -0.15) is 0 Å². The van der Waals surface area contributed by atoms with Crippen molar-refractivity contribution < 1.29 is 19.1 Å². The first kappa shape index (κ1) is 23.7. The normalized spacial score (nSPS) is 15.8. The van der Waals surface area contributed by atoms with Crippen molar-refractivity contribution in [1.29, 1.82) is 0 Å². The van der Waals surface area contributed by atoms with Crippen molar-refractivity contribution in [2.75, 3.05) is 26.3 Å². The van der Waals surface area contributed by atoms with E-state index >= 15 is 0 Å². The molecule has 0 spiro atoms. The van der Waals surface area contributed by atoms with E-state index in [1.54, 1.807) is 6.92 Å². The predicted molar refractivity (Wildman–Crippen MR) is 114 cm³/mol. The molecule has 1 fully saturated rings. The number of aromatic nitrogens is 2. The molecule has 3 rings (SSSR count). The average Bonchev–Trinajstić information content (AvgIpc) is 3.10. The van der Waals surface area contributed by atoms with Gasteiger partial charge in [0.25, 0.3) is 0 Å². The van der Waals surface area contributed by atoms with Crippen LogP contribution in [0, 0.1) is 0 Å². The molecule has 9 heteroatoms. The number of carbonyl (C=O) groups excluding carboxylic acids is 2. The molecule has 0 aliphatic carbocycles. The summed E-state index contributed by atoms with van der Waals surface area (Å²) in [6.45, 7) is 5.74. The Labute approximate surface area is 181 Å². The number of carbonyl (C=O) groups is 2. The summed E-state index contributed by atoms with van der Waals surface area (Å²) in [5.41, 5.74) is 0.494. The van der Waals surface area contributed by atoms with E-state index in [-0.39, 0.29) is 30.7 Å². The lowest BCUT2D eigenvalue weighted by Crippen LogP contribution is -2.48. The number of nitrogens with zero attached hydrogens (tertiary/aromatic N) is 1. The number of H-pyrrole nitrogens is 2. The number of likely N-dealkylation sites (tertiary alicyclic amines) is 1. The molecule has 1 aliphatic rings. The van der Waals surface area contributed by atoms with Crippen LogP contribution in [0.25, 0.3) is 0 Å². The Bertz CT molecular complexity index is 901. The number of ether oxygens (including phenoxy) is 2. The summed E-state index contributed by atoms with van der Waals surface area (Å²) in [6, 6.07) is 9.72. The number of halogens is 1. The Morgan fingerprint density at radius 2 is 1.67 bits per heavy atom. The number of rotatable bonds is 7. The van der Waals surface area contributed by atoms with Gasteiger partial charge >= 0.3 is 17.6 Å². The molecule has 1 aliphatic heterocycles. The van der Waals surface area contributed by atoms with E-state index in [1.807, 2.05) is 37.3 Å². The molecule has 2 heterocycles. The fourth-order valence-corrected chi connectivity index (χ4v) is 3.87. The van der Waals surface area contributed by atoms with Gasteiger partial charge in [-0.1, -0.05) is 30.3 Å². The topological polar surface area (TPSA) is 104 Å². The second-order valence-corrected chi connectivity index (χ2v) is 7.10. The molecule has 164 valence electrons. The van der Waals surface area contributed by atoms with Gasteiger partial charge in [-0.15, -0.1) is 12.4 Å². The van der Waals surface area contributed by atoms with Crippen LogP contribution in [0.1, 0.15) is 48.4 Å². The van der Waals surface area contributed by atoms with Gasteiger partial charge in [0, 0.05) is 6.54 Å². The van der Waals surface area contributed by atoms with Crippen molar-refractivity contribution in [1.82, 2.24) is 14.9 Å². The highest BCUT2D eigenvalue weighted by Crippen LogP contribution is 2.37. The first-order valence-corrected chi connectivity index (χ1v) is 9.93. The van der Waals surface area contributed by atoms with Crippen molar-refractivity contribution in [3.63, 3.8) is 0 Å². The number of benzene rings is 1. The van der Waals surface area contributed by atoms with Crippen molar-refractivity contribution in [3.05, 3.63) is 57.8 Å². The highest BCUT2D eigenvalue weighted by atomic mass is 35.5. The van der Waals surface area contributed by atoms with Crippen LogP contribution in [0.15, 0.2) is 35.1 Å². The summed E-state index contributed by atoms with van der Waals surface area (Å²) < 4.78 is 10.4. The standard InChI is InChI=1S/C21H27N3O5.ClH/c1-3-28-18(25)17-16(22-20(27)23-17)14-24-12-10-21(11-13-24,19(26)29-4-2)15-8-6-5-7-9-15;/h5-9H,3-4,10-14H2,1-2H3,(H2,22,23,27);1H. The average molecular weight is 438 g/mol. The van der Waals surface area contributed by atoms with Crippen molar-refractivity contribution in [3.8, 4) is 0 Å². The molecule has 0 unspecified atom stereocenters. The van der Waals surface area contributed by atoms with Crippen LogP contribution in [0.3, 0.4) is 0 Å². The van der Waals surface area contributed by atoms with Crippen molar-refractivity contribution in [2.45, 2.75) is 38.6 Å². The van der Waals surface area contributed by atoms with Gasteiger partial charge in [0.1, 0.15) is 5.69 Å². The van der Waals surface area contributed by atoms with Crippen LogP contribution < -0.4 is 5.69 Å². The second-order valence-electron chi connectivity index (χ2n) is 7.10. The number of nitrogens with one attached hydrogen (secondary N) is 2. The lowest BCUT2D eigenvalue weighted by molar-refractivity contribution is -0.152. The zero-order valence-corrected chi connectivity index (χ0v) is 18.0. The number of hydrogen-bond acceptors (Lipinski definition) is 6. The van der Waals surface area contributed by atoms with Crippen LogP contribution in [0.4, 0.5) is 0 Å². The zero-order valence-electron chi connectivity index (χ0n) is 17.2. The highest BCUT2D eigenvalue weighted by Gasteiger charge is 2.44. The molecular formula is C21H28ClN3O5. The fraction of sp³-hybridized carbons (Fsp3) is 0.476. The van der Waals surface area contributed by atoms with E-state index in [0.717, 1.165) is 5.56 Å². The molecule has 1 aromatic heterocycles. The lowest BCUT2D eigenvalue weighted by atomic mass is 9.72. The molecule has 8 nitrogen and oxygen atoms in total. The van der Waals surface area contributed by atoms with Crippen LogP contribution in [-0.2, 0) is 26.2 Å². The van der Waals surface area contributed by atoms with E-state index in [0.29, 0.717) is 44.8 Å². The second kappa shape index (κ2) is 10.4. The van der Waals surface area contributed by atoms with E-state index in [9.17, 15) is 14.4 Å². The van der Waals surface area contributed by atoms with E-state index in [2.05, 4.69) is 14.9 Å².